The first-order valence-electron chi connectivity index (χ1n) is 4.06. The van der Waals surface area contributed by atoms with E-state index in [9.17, 15) is 0 Å². The number of rotatable bonds is 1. The van der Waals surface area contributed by atoms with Crippen molar-refractivity contribution in [3.05, 3.63) is 30.1 Å². The van der Waals surface area contributed by atoms with E-state index in [0.717, 1.165) is 16.6 Å². The van der Waals surface area contributed by atoms with Crippen LogP contribution in [0.15, 0.2) is 40.1 Å². The summed E-state index contributed by atoms with van der Waals surface area (Å²) in [6.07, 6.45) is 1.65. The molecule has 0 bridgehead atoms. The van der Waals surface area contributed by atoms with Crippen LogP contribution in [0.4, 0.5) is 0 Å². The molecule has 0 aliphatic carbocycles. The van der Waals surface area contributed by atoms with Gasteiger partial charge >= 0.3 is 0 Å². The summed E-state index contributed by atoms with van der Waals surface area (Å²) in [6.45, 7) is 0. The van der Waals surface area contributed by atoms with Crippen LogP contribution < -0.4 is 5.43 Å². The second kappa shape index (κ2) is 2.63. The molecule has 14 heavy (non-hydrogen) atoms. The summed E-state index contributed by atoms with van der Waals surface area (Å²) in [6, 6.07) is 5.72. The number of nitrogens with one attached hydrogen (secondary N) is 1. The van der Waals surface area contributed by atoms with Crippen molar-refractivity contribution in [1.29, 1.82) is 0 Å². The van der Waals surface area contributed by atoms with Crippen LogP contribution in [0, 0.1) is 0 Å². The van der Waals surface area contributed by atoms with Crippen molar-refractivity contribution >= 4 is 16.9 Å². The maximum Gasteiger partial charge on any atom is 0.207 e. The number of aromatic nitrogens is 2. The fourth-order valence-electron chi connectivity index (χ4n) is 1.33. The predicted octanol–water partition coefficient (Wildman–Crippen LogP) is 1.21. The fraction of sp³-hybridized carbons (Fsp3) is 0. The van der Waals surface area contributed by atoms with Crippen molar-refractivity contribution < 1.29 is 0 Å². The molecule has 0 spiro atoms. The molecule has 6 nitrogen and oxygen atoms in total. The third-order valence-electron chi connectivity index (χ3n) is 2.00. The predicted molar refractivity (Wildman–Crippen MR) is 49.6 cm³/mol. The Morgan fingerprint density at radius 1 is 1.14 bits per heavy atom. The molecule has 1 N–H and O–H groups in total. The number of hydrogen-bond donors (Lipinski definition) is 1. The molecule has 67 valence electrons. The van der Waals surface area contributed by atoms with E-state index in [1.807, 2.05) is 18.2 Å². The minimum Gasteiger partial charge on any atom is -0.345 e. The van der Waals surface area contributed by atoms with E-state index < -0.39 is 0 Å². The number of fused-ring (bicyclic) bond motifs is 1. The van der Waals surface area contributed by atoms with E-state index in [4.69, 9.17) is 0 Å². The monoisotopic (exact) mass is 185 g/mol. The summed E-state index contributed by atoms with van der Waals surface area (Å²) in [5, 5.41) is 10.6. The van der Waals surface area contributed by atoms with Gasteiger partial charge in [0.2, 0.25) is 5.84 Å². The Bertz CT molecular complexity index is 538. The number of amidine groups is 1. The highest BCUT2D eigenvalue weighted by Gasteiger charge is 2.09. The van der Waals surface area contributed by atoms with E-state index in [2.05, 4.69) is 30.9 Å². The molecule has 0 saturated heterocycles. The van der Waals surface area contributed by atoms with Crippen LogP contribution in [0.1, 0.15) is 5.56 Å². The smallest absolute Gasteiger partial charge is 0.207 e. The molecule has 2 heterocycles. The SMILES string of the molecule is c1nc2cc(C3=NN=N[N]3)ccc2[nH]1. The Hall–Kier alpha value is -2.24. The Labute approximate surface area is 78.7 Å². The van der Waals surface area contributed by atoms with Gasteiger partial charge in [0, 0.05) is 5.56 Å². The third-order valence-corrected chi connectivity index (χ3v) is 2.00. The van der Waals surface area contributed by atoms with Crippen LogP contribution >= 0.6 is 0 Å². The lowest BCUT2D eigenvalue weighted by Gasteiger charge is -1.95. The van der Waals surface area contributed by atoms with E-state index in [-0.39, 0.29) is 0 Å². The molecule has 1 aromatic carbocycles. The molecule has 0 saturated carbocycles. The zero-order valence-corrected chi connectivity index (χ0v) is 7.05. The Kier molecular flexibility index (Phi) is 1.35. The van der Waals surface area contributed by atoms with Gasteiger partial charge in [0.25, 0.3) is 0 Å². The second-order valence-corrected chi connectivity index (χ2v) is 2.84. The molecular weight excluding hydrogens is 180 g/mol. The van der Waals surface area contributed by atoms with E-state index in [1.54, 1.807) is 6.33 Å². The van der Waals surface area contributed by atoms with Gasteiger partial charge in [-0.05, 0) is 28.6 Å². The number of nitrogens with zero attached hydrogens (tertiary/aromatic N) is 5. The average molecular weight is 185 g/mol. The number of imidazole rings is 1. The highest BCUT2D eigenvalue weighted by molar-refractivity contribution is 6.00. The molecule has 2 aromatic rings. The van der Waals surface area contributed by atoms with Crippen molar-refractivity contribution in [3.63, 3.8) is 0 Å². The third kappa shape index (κ3) is 0.972. The van der Waals surface area contributed by atoms with Crippen molar-refractivity contribution in [2.24, 2.45) is 15.5 Å². The Balaban J connectivity index is 2.13. The lowest BCUT2D eigenvalue weighted by Crippen LogP contribution is -2.07. The van der Waals surface area contributed by atoms with Gasteiger partial charge in [0.05, 0.1) is 17.4 Å². The molecule has 3 rings (SSSR count). The van der Waals surface area contributed by atoms with Gasteiger partial charge in [-0.1, -0.05) is 0 Å². The summed E-state index contributed by atoms with van der Waals surface area (Å²) in [4.78, 5) is 7.15. The van der Waals surface area contributed by atoms with E-state index >= 15 is 0 Å². The first-order valence-corrected chi connectivity index (χ1v) is 4.06. The highest BCUT2D eigenvalue weighted by Crippen LogP contribution is 2.13. The lowest BCUT2D eigenvalue weighted by atomic mass is 10.2. The minimum atomic E-state index is 0.523. The summed E-state index contributed by atoms with van der Waals surface area (Å²) in [5.41, 5.74) is 6.51. The van der Waals surface area contributed by atoms with Gasteiger partial charge in [-0.3, -0.25) is 0 Å². The maximum atomic E-state index is 4.14. The zero-order valence-electron chi connectivity index (χ0n) is 7.05. The standard InChI is InChI=1S/C8H5N6/c1-2-6-7(10-4-9-6)3-5(1)8-11-13-14-12-8/h1-4H,(H,9,10). The van der Waals surface area contributed by atoms with Gasteiger partial charge in [-0.15, -0.1) is 10.5 Å². The van der Waals surface area contributed by atoms with Crippen LogP contribution in [0.3, 0.4) is 0 Å². The topological polar surface area (TPSA) is 79.9 Å². The largest absolute Gasteiger partial charge is 0.345 e. The van der Waals surface area contributed by atoms with Crippen molar-refractivity contribution in [2.45, 2.75) is 0 Å². The minimum absolute atomic E-state index is 0.523. The Morgan fingerprint density at radius 3 is 3.00 bits per heavy atom. The van der Waals surface area contributed by atoms with Crippen LogP contribution in [0.5, 0.6) is 0 Å². The lowest BCUT2D eigenvalue weighted by molar-refractivity contribution is 0.923. The van der Waals surface area contributed by atoms with E-state index in [1.165, 1.54) is 0 Å². The Morgan fingerprint density at radius 2 is 2.14 bits per heavy atom. The second-order valence-electron chi connectivity index (χ2n) is 2.84. The van der Waals surface area contributed by atoms with Crippen LogP contribution in [-0.4, -0.2) is 15.8 Å². The van der Waals surface area contributed by atoms with E-state index in [0.29, 0.717) is 5.84 Å². The number of H-pyrrole nitrogens is 1. The number of aromatic amines is 1. The van der Waals surface area contributed by atoms with Crippen molar-refractivity contribution in [3.8, 4) is 0 Å². The first kappa shape index (κ1) is 7.19. The number of hydrogen-bond acceptors (Lipinski definition) is 4. The quantitative estimate of drug-likeness (QED) is 0.711. The molecule has 1 radical (unpaired) electrons. The maximum absolute atomic E-state index is 4.14. The first-order chi connectivity index (χ1) is 6.93. The molecule has 0 atom stereocenters. The molecular formula is C8H5N6. The van der Waals surface area contributed by atoms with Crippen molar-refractivity contribution in [2.75, 3.05) is 0 Å². The van der Waals surface area contributed by atoms with Crippen LogP contribution in [0.25, 0.3) is 11.0 Å². The van der Waals surface area contributed by atoms with Gasteiger partial charge in [0.15, 0.2) is 0 Å². The van der Waals surface area contributed by atoms with Crippen LogP contribution in [0.2, 0.25) is 0 Å². The average Bonchev–Trinajstić information content (AvgIpc) is 2.88. The van der Waals surface area contributed by atoms with Gasteiger partial charge in [-0.25, -0.2) is 4.98 Å². The molecule has 0 fully saturated rings. The molecule has 1 aliphatic heterocycles. The summed E-state index contributed by atoms with van der Waals surface area (Å²) in [7, 11) is 0. The highest BCUT2D eigenvalue weighted by atomic mass is 15.6. The molecule has 0 amide bonds. The van der Waals surface area contributed by atoms with Gasteiger partial charge in [0.1, 0.15) is 0 Å². The fourth-order valence-corrected chi connectivity index (χ4v) is 1.33. The molecule has 6 heteroatoms. The zero-order chi connectivity index (χ0) is 9.38. The molecule has 1 aliphatic rings. The number of benzene rings is 1. The van der Waals surface area contributed by atoms with Crippen LogP contribution in [-0.2, 0) is 0 Å². The van der Waals surface area contributed by atoms with Gasteiger partial charge in [-0.2, -0.15) is 0 Å². The molecule has 0 unspecified atom stereocenters. The normalized spacial score (nSPS) is 14.4. The summed E-state index contributed by atoms with van der Waals surface area (Å²) in [5.74, 6) is 0.523. The summed E-state index contributed by atoms with van der Waals surface area (Å²) >= 11 is 0. The summed E-state index contributed by atoms with van der Waals surface area (Å²) < 4.78 is 0. The van der Waals surface area contributed by atoms with Crippen molar-refractivity contribution in [1.82, 2.24) is 15.4 Å². The molecule has 1 aromatic heterocycles. The van der Waals surface area contributed by atoms with Gasteiger partial charge < -0.3 is 4.98 Å².